The summed E-state index contributed by atoms with van der Waals surface area (Å²) in [5.74, 6) is 0. The highest BCUT2D eigenvalue weighted by atomic mass is 32.1. The van der Waals surface area contributed by atoms with E-state index in [2.05, 4.69) is 50.4 Å². The van der Waals surface area contributed by atoms with Gasteiger partial charge in [-0.2, -0.15) is 0 Å². The number of aryl methyl sites for hydroxylation is 1. The number of nitrogens with one attached hydrogen (secondary N) is 1. The van der Waals surface area contributed by atoms with Gasteiger partial charge >= 0.3 is 6.03 Å². The number of carbonyl (C=O) groups excluding carboxylic acids is 1. The van der Waals surface area contributed by atoms with Gasteiger partial charge in [0.15, 0.2) is 11.8 Å². The number of thiophene rings is 2. The second-order valence-corrected chi connectivity index (χ2v) is 9.94. The van der Waals surface area contributed by atoms with Gasteiger partial charge in [-0.05, 0) is 47.7 Å². The van der Waals surface area contributed by atoms with Crippen LogP contribution in [-0.2, 0) is 12.0 Å². The molecule has 1 unspecified atom stereocenters. The Labute approximate surface area is 199 Å². The molecule has 32 heavy (non-hydrogen) atoms. The number of nitrogens with zero attached hydrogens (tertiary/aromatic N) is 1. The number of hydrogen-bond acceptors (Lipinski definition) is 4. The van der Waals surface area contributed by atoms with Crippen molar-refractivity contribution in [3.8, 4) is 0 Å². The molecule has 4 nitrogen and oxygen atoms in total. The molecule has 2 aromatic heterocycles. The van der Waals surface area contributed by atoms with E-state index in [1.807, 2.05) is 41.1 Å². The van der Waals surface area contributed by atoms with Crippen LogP contribution < -0.4 is 5.32 Å². The lowest BCUT2D eigenvalue weighted by atomic mass is 9.93. The Morgan fingerprint density at radius 2 is 1.50 bits per heavy atom. The lowest BCUT2D eigenvalue weighted by molar-refractivity contribution is -0.00843. The van der Waals surface area contributed by atoms with Crippen LogP contribution in [0, 0.1) is 0 Å². The van der Waals surface area contributed by atoms with Gasteiger partial charge in [-0.15, -0.1) is 22.7 Å². The normalized spacial score (nSPS) is 17.2. The first-order valence-electron chi connectivity index (χ1n) is 11.5. The van der Waals surface area contributed by atoms with Gasteiger partial charge in [0, 0.05) is 15.8 Å². The molecule has 1 atom stereocenters. The fraction of sp³-hybridized carbons (Fsp3) is 0.423. The zero-order valence-corrected chi connectivity index (χ0v) is 20.8. The minimum absolute atomic E-state index is 0.0665. The van der Waals surface area contributed by atoms with Crippen LogP contribution in [0.2, 0.25) is 0 Å². The average Bonchev–Trinajstić information content (AvgIpc) is 3.57. The Morgan fingerprint density at radius 3 is 1.91 bits per heavy atom. The molecule has 0 bridgehead atoms. The first-order chi connectivity index (χ1) is 15.6. The quantitative estimate of drug-likeness (QED) is 0.389. The third-order valence-electron chi connectivity index (χ3n) is 5.90. The monoisotopic (exact) mass is 470 g/mol. The third kappa shape index (κ3) is 5.08. The molecular weight excluding hydrogens is 436 g/mol. The van der Waals surface area contributed by atoms with E-state index in [1.165, 1.54) is 5.56 Å². The highest BCUT2D eigenvalue weighted by Gasteiger charge is 2.56. The second kappa shape index (κ2) is 11.6. The first-order valence-corrected chi connectivity index (χ1v) is 13.2. The summed E-state index contributed by atoms with van der Waals surface area (Å²) >= 11 is 3.14. The Hall–Kier alpha value is -2.15. The first kappa shape index (κ1) is 24.5. The molecule has 3 heterocycles. The van der Waals surface area contributed by atoms with Crippen LogP contribution in [-0.4, -0.2) is 28.3 Å². The number of aliphatic hydroxyl groups is 1. The van der Waals surface area contributed by atoms with Crippen LogP contribution in [0.25, 0.3) is 0 Å². The predicted octanol–water partition coefficient (Wildman–Crippen LogP) is 6.61. The molecule has 0 spiro atoms. The summed E-state index contributed by atoms with van der Waals surface area (Å²) in [4.78, 5) is 16.5. The molecule has 1 aliphatic heterocycles. The smallest absolute Gasteiger partial charge is 0.320 e. The van der Waals surface area contributed by atoms with Crippen LogP contribution in [0.1, 0.15) is 61.8 Å². The highest BCUT2D eigenvalue weighted by molar-refractivity contribution is 7.11. The summed E-state index contributed by atoms with van der Waals surface area (Å²) in [7, 11) is 0. The van der Waals surface area contributed by atoms with E-state index >= 15 is 0 Å². The summed E-state index contributed by atoms with van der Waals surface area (Å²) in [5.41, 5.74) is 0.548. The molecule has 0 saturated carbocycles. The van der Waals surface area contributed by atoms with Crippen LogP contribution in [0.3, 0.4) is 0 Å². The highest BCUT2D eigenvalue weighted by Crippen LogP contribution is 2.44. The number of urea groups is 1. The van der Waals surface area contributed by atoms with Crippen molar-refractivity contribution in [2.75, 3.05) is 0 Å². The van der Waals surface area contributed by atoms with E-state index in [-0.39, 0.29) is 12.1 Å². The van der Waals surface area contributed by atoms with Gasteiger partial charge in [-0.3, -0.25) is 4.90 Å². The van der Waals surface area contributed by atoms with Crippen molar-refractivity contribution >= 4 is 28.7 Å². The van der Waals surface area contributed by atoms with Crippen molar-refractivity contribution in [2.45, 2.75) is 70.7 Å². The van der Waals surface area contributed by atoms with E-state index in [0.29, 0.717) is 0 Å². The summed E-state index contributed by atoms with van der Waals surface area (Å²) < 4.78 is 0. The molecule has 3 aromatic rings. The van der Waals surface area contributed by atoms with Crippen molar-refractivity contribution in [1.82, 2.24) is 10.2 Å². The molecule has 1 aromatic carbocycles. The topological polar surface area (TPSA) is 52.6 Å². The Bertz CT molecular complexity index is 886. The van der Waals surface area contributed by atoms with Crippen molar-refractivity contribution in [3.63, 3.8) is 0 Å². The third-order valence-corrected chi connectivity index (χ3v) is 7.91. The fourth-order valence-electron chi connectivity index (χ4n) is 4.29. The number of rotatable bonds is 8. The van der Waals surface area contributed by atoms with Crippen molar-refractivity contribution in [1.29, 1.82) is 0 Å². The van der Waals surface area contributed by atoms with Crippen molar-refractivity contribution < 1.29 is 9.90 Å². The van der Waals surface area contributed by atoms with E-state index in [1.54, 1.807) is 27.6 Å². The minimum Gasteiger partial charge on any atom is -0.370 e. The number of amides is 2. The van der Waals surface area contributed by atoms with Crippen LogP contribution in [0.5, 0.6) is 0 Å². The standard InChI is InChI=1S/C18H24N2O2S2.C8H10/c1-3-7-13(8-4-2)20-16(21)18(19-17(20)22,14-9-5-11-23-14)15-10-6-12-24-15;1-2-8-6-4-3-5-7-8/h5-6,9-13,16,21H,3-4,7-8H2,1-2H3,(H,19,22);3-7H,2H2,1H3. The van der Waals surface area contributed by atoms with E-state index < -0.39 is 11.8 Å². The maximum Gasteiger partial charge on any atom is 0.320 e. The second-order valence-electron chi connectivity index (χ2n) is 8.04. The van der Waals surface area contributed by atoms with E-state index in [4.69, 9.17) is 0 Å². The molecule has 2 N–H and O–H groups in total. The van der Waals surface area contributed by atoms with Gasteiger partial charge in [0.1, 0.15) is 0 Å². The van der Waals surface area contributed by atoms with Gasteiger partial charge < -0.3 is 10.4 Å². The summed E-state index contributed by atoms with van der Waals surface area (Å²) in [6, 6.07) is 18.3. The largest absolute Gasteiger partial charge is 0.370 e. The molecule has 1 fully saturated rings. The zero-order chi connectivity index (χ0) is 23.0. The van der Waals surface area contributed by atoms with Gasteiger partial charge in [-0.25, -0.2) is 4.79 Å². The van der Waals surface area contributed by atoms with Crippen LogP contribution in [0.15, 0.2) is 65.4 Å². The molecule has 1 aliphatic rings. The molecular formula is C26H34N2O2S2. The number of benzene rings is 1. The molecule has 2 amide bonds. The van der Waals surface area contributed by atoms with Gasteiger partial charge in [0.2, 0.25) is 0 Å². The maximum atomic E-state index is 12.8. The molecule has 1 saturated heterocycles. The maximum absolute atomic E-state index is 12.8. The Kier molecular flexibility index (Phi) is 8.91. The summed E-state index contributed by atoms with van der Waals surface area (Å²) in [5, 5.41) is 18.4. The van der Waals surface area contributed by atoms with E-state index in [9.17, 15) is 9.90 Å². The lowest BCUT2D eigenvalue weighted by Crippen LogP contribution is -2.49. The summed E-state index contributed by atoms with van der Waals surface area (Å²) in [6.45, 7) is 6.40. The lowest BCUT2D eigenvalue weighted by Gasteiger charge is -2.35. The van der Waals surface area contributed by atoms with Crippen LogP contribution >= 0.6 is 22.7 Å². The number of carbonyl (C=O) groups is 1. The number of hydrogen-bond donors (Lipinski definition) is 2. The molecule has 0 aliphatic carbocycles. The Morgan fingerprint density at radius 1 is 0.938 bits per heavy atom. The molecule has 0 radical (unpaired) electrons. The zero-order valence-electron chi connectivity index (χ0n) is 19.2. The average molecular weight is 471 g/mol. The van der Waals surface area contributed by atoms with Crippen molar-refractivity contribution in [2.24, 2.45) is 0 Å². The number of aliphatic hydroxyl groups excluding tert-OH is 1. The molecule has 172 valence electrons. The van der Waals surface area contributed by atoms with Crippen LogP contribution in [0.4, 0.5) is 4.79 Å². The van der Waals surface area contributed by atoms with Gasteiger partial charge in [0.25, 0.3) is 0 Å². The van der Waals surface area contributed by atoms with E-state index in [0.717, 1.165) is 41.9 Å². The SMILES string of the molecule is CCCC(CCC)N1C(=O)NC(c2cccs2)(c2cccs2)C1O.CCc1ccccc1. The molecule has 6 heteroatoms. The molecule has 4 rings (SSSR count). The van der Waals surface area contributed by atoms with Crippen molar-refractivity contribution in [3.05, 3.63) is 80.7 Å². The van der Waals surface area contributed by atoms with Gasteiger partial charge in [-0.1, -0.05) is 76.1 Å². The Balaban J connectivity index is 0.000000305. The summed E-state index contributed by atoms with van der Waals surface area (Å²) in [6.07, 6.45) is 4.04. The van der Waals surface area contributed by atoms with Gasteiger partial charge in [0.05, 0.1) is 0 Å². The fourth-order valence-corrected chi connectivity index (χ4v) is 6.18. The minimum atomic E-state index is -0.898. The predicted molar refractivity (Wildman–Crippen MR) is 135 cm³/mol.